The lowest BCUT2D eigenvalue weighted by atomic mass is 9.92. The molecule has 0 saturated carbocycles. The third-order valence-electron chi connectivity index (χ3n) is 3.68. The van der Waals surface area contributed by atoms with Gasteiger partial charge in [-0.05, 0) is 24.5 Å². The van der Waals surface area contributed by atoms with E-state index in [1.807, 2.05) is 12.1 Å². The Morgan fingerprint density at radius 3 is 2.45 bits per heavy atom. The van der Waals surface area contributed by atoms with Crippen molar-refractivity contribution in [2.24, 2.45) is 5.92 Å². The number of Topliss-reactive ketones (excluding diaryl/α,β-unsaturated/α-hetero) is 1. The van der Waals surface area contributed by atoms with Gasteiger partial charge in [-0.15, -0.1) is 0 Å². The minimum Gasteiger partial charge on any atom is -0.482 e. The third kappa shape index (κ3) is 2.56. The van der Waals surface area contributed by atoms with Crippen LogP contribution in [0.5, 0.6) is 5.75 Å². The summed E-state index contributed by atoms with van der Waals surface area (Å²) >= 11 is 0. The minimum atomic E-state index is -1.57. The summed E-state index contributed by atoms with van der Waals surface area (Å²) in [5.41, 5.74) is 1.00. The van der Waals surface area contributed by atoms with Crippen molar-refractivity contribution in [3.05, 3.63) is 29.8 Å². The number of aryl methyl sites for hydroxylation is 1. The first-order valence-corrected chi connectivity index (χ1v) is 7.11. The number of hydrogen-bond acceptors (Lipinski definition) is 6. The van der Waals surface area contributed by atoms with Crippen molar-refractivity contribution in [3.8, 4) is 5.75 Å². The standard InChI is InChI=1S/C16H16O6/c1-16(2)21-14(18)12(15(19)22-16)13(17)11-8-7-9-5-3-4-6-10(9)20-11/h3-6,11-12H,7-8H2,1-2H3. The number of cyclic esters (lactones) is 2. The quantitative estimate of drug-likeness (QED) is 0.607. The molecule has 2 heterocycles. The molecule has 1 unspecified atom stereocenters. The summed E-state index contributed by atoms with van der Waals surface area (Å²) in [5.74, 6) is -4.68. The van der Waals surface area contributed by atoms with E-state index in [1.54, 1.807) is 12.1 Å². The average Bonchev–Trinajstić information content (AvgIpc) is 2.44. The molecule has 1 aromatic carbocycles. The SMILES string of the molecule is CC1(C)OC(=O)C(C(=O)C2CCc3ccccc3O2)C(=O)O1. The lowest BCUT2D eigenvalue weighted by Crippen LogP contribution is -2.52. The molecule has 2 aliphatic rings. The number of carbonyl (C=O) groups excluding carboxylic acids is 3. The number of para-hydroxylation sites is 1. The van der Waals surface area contributed by atoms with Crippen LogP contribution in [0.1, 0.15) is 25.8 Å². The predicted octanol–water partition coefficient (Wildman–Crippen LogP) is 1.40. The van der Waals surface area contributed by atoms with E-state index in [0.717, 1.165) is 5.56 Å². The number of fused-ring (bicyclic) bond motifs is 1. The number of benzene rings is 1. The zero-order chi connectivity index (χ0) is 15.9. The van der Waals surface area contributed by atoms with Gasteiger partial charge in [0, 0.05) is 13.8 Å². The minimum absolute atomic E-state index is 0.413. The molecule has 6 heteroatoms. The lowest BCUT2D eigenvalue weighted by Gasteiger charge is -2.34. The molecular weight excluding hydrogens is 288 g/mol. The van der Waals surface area contributed by atoms with Gasteiger partial charge in [-0.25, -0.2) is 0 Å². The number of rotatable bonds is 2. The molecule has 1 saturated heterocycles. The van der Waals surface area contributed by atoms with Crippen molar-refractivity contribution >= 4 is 17.7 Å². The molecule has 0 amide bonds. The van der Waals surface area contributed by atoms with Crippen LogP contribution in [0.4, 0.5) is 0 Å². The number of ether oxygens (including phenoxy) is 3. The van der Waals surface area contributed by atoms with Gasteiger partial charge in [-0.2, -0.15) is 0 Å². The van der Waals surface area contributed by atoms with Crippen LogP contribution in [0, 0.1) is 5.92 Å². The van der Waals surface area contributed by atoms with E-state index in [0.29, 0.717) is 18.6 Å². The topological polar surface area (TPSA) is 78.9 Å². The highest BCUT2D eigenvalue weighted by Gasteiger charge is 2.49. The molecule has 6 nitrogen and oxygen atoms in total. The first-order valence-electron chi connectivity index (χ1n) is 7.11. The fourth-order valence-electron chi connectivity index (χ4n) is 2.66. The van der Waals surface area contributed by atoms with Gasteiger partial charge < -0.3 is 14.2 Å². The van der Waals surface area contributed by atoms with Crippen molar-refractivity contribution in [1.29, 1.82) is 0 Å². The summed E-state index contributed by atoms with van der Waals surface area (Å²) in [5, 5.41) is 0. The van der Waals surface area contributed by atoms with Crippen molar-refractivity contribution in [2.75, 3.05) is 0 Å². The van der Waals surface area contributed by atoms with E-state index in [9.17, 15) is 14.4 Å². The maximum absolute atomic E-state index is 12.5. The Bertz CT molecular complexity index is 628. The second-order valence-electron chi connectivity index (χ2n) is 5.83. The summed E-state index contributed by atoms with van der Waals surface area (Å²) in [6.45, 7) is 2.88. The first kappa shape index (κ1) is 14.6. The Balaban J connectivity index is 1.78. The summed E-state index contributed by atoms with van der Waals surface area (Å²) in [4.78, 5) is 36.4. The Morgan fingerprint density at radius 2 is 1.77 bits per heavy atom. The Kier molecular flexibility index (Phi) is 3.39. The predicted molar refractivity (Wildman–Crippen MR) is 73.9 cm³/mol. The van der Waals surface area contributed by atoms with E-state index in [2.05, 4.69) is 0 Å². The molecule has 116 valence electrons. The van der Waals surface area contributed by atoms with Crippen LogP contribution in [0.25, 0.3) is 0 Å². The number of hydrogen-bond donors (Lipinski definition) is 0. The molecule has 22 heavy (non-hydrogen) atoms. The Labute approximate surface area is 127 Å². The molecule has 0 radical (unpaired) electrons. The van der Waals surface area contributed by atoms with Crippen LogP contribution in [-0.2, 0) is 30.3 Å². The van der Waals surface area contributed by atoms with Gasteiger partial charge in [0.05, 0.1) is 0 Å². The van der Waals surface area contributed by atoms with E-state index in [-0.39, 0.29) is 0 Å². The summed E-state index contributed by atoms with van der Waals surface area (Å²) < 4.78 is 15.6. The van der Waals surface area contributed by atoms with Crippen molar-refractivity contribution in [3.63, 3.8) is 0 Å². The number of carbonyl (C=O) groups is 3. The second kappa shape index (κ2) is 5.12. The fraction of sp³-hybridized carbons (Fsp3) is 0.438. The fourth-order valence-corrected chi connectivity index (χ4v) is 2.66. The summed E-state index contributed by atoms with van der Waals surface area (Å²) in [7, 11) is 0. The highest BCUT2D eigenvalue weighted by Crippen LogP contribution is 2.30. The van der Waals surface area contributed by atoms with E-state index >= 15 is 0 Å². The average molecular weight is 304 g/mol. The third-order valence-corrected chi connectivity index (χ3v) is 3.68. The Hall–Kier alpha value is -2.37. The zero-order valence-electron chi connectivity index (χ0n) is 12.3. The first-order chi connectivity index (χ1) is 10.4. The van der Waals surface area contributed by atoms with E-state index < -0.39 is 35.5 Å². The molecule has 0 spiro atoms. The Morgan fingerprint density at radius 1 is 1.14 bits per heavy atom. The van der Waals surface area contributed by atoms with Gasteiger partial charge >= 0.3 is 11.9 Å². The molecule has 0 aromatic heterocycles. The maximum Gasteiger partial charge on any atom is 0.331 e. The largest absolute Gasteiger partial charge is 0.482 e. The van der Waals surface area contributed by atoms with Crippen LogP contribution in [-0.4, -0.2) is 29.6 Å². The lowest BCUT2D eigenvalue weighted by molar-refractivity contribution is -0.238. The van der Waals surface area contributed by atoms with E-state index in [4.69, 9.17) is 14.2 Å². The monoisotopic (exact) mass is 304 g/mol. The van der Waals surface area contributed by atoms with Gasteiger partial charge in [0.15, 0.2) is 11.9 Å². The highest BCUT2D eigenvalue weighted by atomic mass is 16.7. The highest BCUT2D eigenvalue weighted by molar-refractivity contribution is 6.17. The van der Waals surface area contributed by atoms with Gasteiger partial charge in [-0.3, -0.25) is 14.4 Å². The van der Waals surface area contributed by atoms with Crippen LogP contribution in [0.2, 0.25) is 0 Å². The van der Waals surface area contributed by atoms with Crippen LogP contribution < -0.4 is 4.74 Å². The molecule has 0 aliphatic carbocycles. The maximum atomic E-state index is 12.5. The van der Waals surface area contributed by atoms with Crippen LogP contribution >= 0.6 is 0 Å². The normalized spacial score (nSPS) is 23.8. The second-order valence-corrected chi connectivity index (χ2v) is 5.83. The van der Waals surface area contributed by atoms with Gasteiger partial charge in [0.25, 0.3) is 5.79 Å². The molecule has 1 atom stereocenters. The van der Waals surface area contributed by atoms with E-state index in [1.165, 1.54) is 13.8 Å². The van der Waals surface area contributed by atoms with Gasteiger partial charge in [0.1, 0.15) is 5.75 Å². The van der Waals surface area contributed by atoms with Crippen LogP contribution in [0.3, 0.4) is 0 Å². The molecule has 3 rings (SSSR count). The number of esters is 2. The van der Waals surface area contributed by atoms with Crippen LogP contribution in [0.15, 0.2) is 24.3 Å². The number of ketones is 1. The van der Waals surface area contributed by atoms with Crippen molar-refractivity contribution < 1.29 is 28.6 Å². The van der Waals surface area contributed by atoms with Crippen molar-refractivity contribution in [1.82, 2.24) is 0 Å². The zero-order valence-corrected chi connectivity index (χ0v) is 12.3. The van der Waals surface area contributed by atoms with Gasteiger partial charge in [-0.1, -0.05) is 18.2 Å². The molecule has 1 fully saturated rings. The molecular formula is C16H16O6. The molecule has 0 bridgehead atoms. The molecule has 0 N–H and O–H groups in total. The smallest absolute Gasteiger partial charge is 0.331 e. The summed E-state index contributed by atoms with van der Waals surface area (Å²) in [6, 6.07) is 7.37. The molecule has 1 aromatic rings. The molecule has 2 aliphatic heterocycles. The van der Waals surface area contributed by atoms with Gasteiger partial charge in [0.2, 0.25) is 5.92 Å². The summed E-state index contributed by atoms with van der Waals surface area (Å²) in [6.07, 6.45) is 0.215. The van der Waals surface area contributed by atoms with Crippen molar-refractivity contribution in [2.45, 2.75) is 38.6 Å².